The Balaban J connectivity index is 2.06. The molecule has 19 heavy (non-hydrogen) atoms. The van der Waals surface area contributed by atoms with Gasteiger partial charge in [-0.25, -0.2) is 0 Å². The van der Waals surface area contributed by atoms with Crippen LogP contribution in [-0.4, -0.2) is 24.0 Å². The van der Waals surface area contributed by atoms with Crippen LogP contribution in [0.3, 0.4) is 0 Å². The number of thioether (sulfide) groups is 1. The summed E-state index contributed by atoms with van der Waals surface area (Å²) in [6.07, 6.45) is 4.08. The van der Waals surface area contributed by atoms with Crippen LogP contribution in [-0.2, 0) is 12.3 Å². The van der Waals surface area contributed by atoms with Crippen LogP contribution in [0, 0.1) is 0 Å². The molecule has 0 atom stereocenters. The summed E-state index contributed by atoms with van der Waals surface area (Å²) in [5, 5.41) is 11.9. The number of hydrogen-bond donors (Lipinski definition) is 2. The van der Waals surface area contributed by atoms with E-state index >= 15 is 0 Å². The molecule has 0 saturated carbocycles. The van der Waals surface area contributed by atoms with Crippen LogP contribution in [0.4, 0.5) is 8.78 Å². The molecule has 0 aliphatic carbocycles. The highest BCUT2D eigenvalue weighted by Gasteiger charge is 2.06. The van der Waals surface area contributed by atoms with Gasteiger partial charge in [0.25, 0.3) is 5.76 Å². The van der Waals surface area contributed by atoms with Crippen molar-refractivity contribution in [1.82, 2.24) is 5.32 Å². The molecule has 1 aromatic heterocycles. The number of aliphatic hydroxyl groups excluding tert-OH is 1. The number of nitrogens with one attached hydrogen (secondary N) is 1. The van der Waals surface area contributed by atoms with Gasteiger partial charge in [-0.3, -0.25) is 0 Å². The topological polar surface area (TPSA) is 45.4 Å². The fourth-order valence-corrected chi connectivity index (χ4v) is 2.11. The van der Waals surface area contributed by atoms with Crippen molar-refractivity contribution in [2.75, 3.05) is 13.2 Å². The van der Waals surface area contributed by atoms with Gasteiger partial charge in [0.05, 0.1) is 12.3 Å². The number of hydrogen-bond acceptors (Lipinski definition) is 4. The first-order chi connectivity index (χ1) is 9.22. The van der Waals surface area contributed by atoms with Gasteiger partial charge in [0.2, 0.25) is 0 Å². The minimum atomic E-state index is -2.36. The molecule has 0 saturated heterocycles. The predicted octanol–water partition coefficient (Wildman–Crippen LogP) is 3.38. The van der Waals surface area contributed by atoms with E-state index in [2.05, 4.69) is 5.32 Å². The summed E-state index contributed by atoms with van der Waals surface area (Å²) >= 11 is 0.569. The molecule has 0 spiro atoms. The Kier molecular flexibility index (Phi) is 8.86. The highest BCUT2D eigenvalue weighted by Crippen LogP contribution is 2.21. The first-order valence-corrected chi connectivity index (χ1v) is 7.56. The highest BCUT2D eigenvalue weighted by atomic mass is 32.2. The van der Waals surface area contributed by atoms with Crippen LogP contribution in [0.25, 0.3) is 0 Å². The lowest BCUT2D eigenvalue weighted by Crippen LogP contribution is -2.14. The van der Waals surface area contributed by atoms with E-state index in [1.165, 1.54) is 0 Å². The second-order valence-corrected chi connectivity index (χ2v) is 5.23. The highest BCUT2D eigenvalue weighted by molar-refractivity contribution is 7.98. The zero-order valence-electron chi connectivity index (χ0n) is 10.9. The van der Waals surface area contributed by atoms with Crippen molar-refractivity contribution in [1.29, 1.82) is 0 Å². The summed E-state index contributed by atoms with van der Waals surface area (Å²) in [5.41, 5.74) is 0. The molecule has 0 radical (unpaired) electrons. The number of aliphatic hydroxyl groups is 1. The predicted molar refractivity (Wildman–Crippen MR) is 73.3 cm³/mol. The molecule has 2 N–H and O–H groups in total. The van der Waals surface area contributed by atoms with Crippen LogP contribution >= 0.6 is 11.8 Å². The van der Waals surface area contributed by atoms with Gasteiger partial charge in [0.15, 0.2) is 0 Å². The average Bonchev–Trinajstić information content (AvgIpc) is 2.83. The Labute approximate surface area is 116 Å². The number of furan rings is 1. The molecule has 0 aliphatic rings. The molecular weight excluding hydrogens is 272 g/mol. The Hall–Kier alpha value is -0.590. The van der Waals surface area contributed by atoms with Gasteiger partial charge in [0.1, 0.15) is 11.5 Å². The van der Waals surface area contributed by atoms with Gasteiger partial charge < -0.3 is 14.8 Å². The van der Waals surface area contributed by atoms with Gasteiger partial charge in [-0.2, -0.15) is 8.78 Å². The van der Waals surface area contributed by atoms with Gasteiger partial charge >= 0.3 is 0 Å². The van der Waals surface area contributed by atoms with Crippen molar-refractivity contribution < 1.29 is 18.3 Å². The summed E-state index contributed by atoms with van der Waals surface area (Å²) in [4.78, 5) is 0. The van der Waals surface area contributed by atoms with E-state index in [0.29, 0.717) is 24.1 Å². The fourth-order valence-electron chi connectivity index (χ4n) is 1.67. The lowest BCUT2D eigenvalue weighted by atomic mass is 10.2. The maximum Gasteiger partial charge on any atom is 0.284 e. The summed E-state index contributed by atoms with van der Waals surface area (Å²) in [6, 6.07) is 3.56. The van der Waals surface area contributed by atoms with Gasteiger partial charge in [-0.05, 0) is 31.5 Å². The summed E-state index contributed by atoms with van der Waals surface area (Å²) in [7, 11) is 0. The van der Waals surface area contributed by atoms with Gasteiger partial charge in [-0.15, -0.1) is 0 Å². The smallest absolute Gasteiger partial charge is 0.284 e. The SMILES string of the molecule is OCCCCCCNCc1ccc(CSC(F)F)o1. The van der Waals surface area contributed by atoms with Crippen LogP contribution in [0.5, 0.6) is 0 Å². The Bertz CT molecular complexity index is 334. The Morgan fingerprint density at radius 2 is 1.89 bits per heavy atom. The number of rotatable bonds is 11. The molecule has 0 aromatic carbocycles. The molecule has 110 valence electrons. The molecule has 3 nitrogen and oxygen atoms in total. The van der Waals surface area contributed by atoms with Gasteiger partial charge in [0, 0.05) is 6.61 Å². The van der Waals surface area contributed by atoms with Gasteiger partial charge in [-0.1, -0.05) is 24.6 Å². The lowest BCUT2D eigenvalue weighted by molar-refractivity contribution is 0.251. The molecule has 1 heterocycles. The third kappa shape index (κ3) is 8.23. The minimum absolute atomic E-state index is 0.207. The Morgan fingerprint density at radius 1 is 1.16 bits per heavy atom. The van der Waals surface area contributed by atoms with Crippen molar-refractivity contribution in [3.63, 3.8) is 0 Å². The fraction of sp³-hybridized carbons (Fsp3) is 0.692. The standard InChI is InChI=1S/C13H21F2NO2S/c14-13(15)19-10-12-6-5-11(18-12)9-16-7-3-1-2-4-8-17/h5-6,13,16-17H,1-4,7-10H2. The number of unbranched alkanes of at least 4 members (excludes halogenated alkanes) is 3. The molecule has 0 aliphatic heterocycles. The molecule has 1 aromatic rings. The molecular formula is C13H21F2NO2S. The monoisotopic (exact) mass is 293 g/mol. The molecule has 6 heteroatoms. The first-order valence-electron chi connectivity index (χ1n) is 6.51. The lowest BCUT2D eigenvalue weighted by Gasteiger charge is -2.02. The van der Waals surface area contributed by atoms with Crippen molar-refractivity contribution in [2.24, 2.45) is 0 Å². The maximum absolute atomic E-state index is 12.0. The van der Waals surface area contributed by atoms with E-state index in [4.69, 9.17) is 9.52 Å². The Morgan fingerprint density at radius 3 is 2.63 bits per heavy atom. The zero-order chi connectivity index (χ0) is 13.9. The third-order valence-corrected chi connectivity index (χ3v) is 3.33. The summed E-state index contributed by atoms with van der Waals surface area (Å²) in [6.45, 7) is 1.78. The molecule has 0 fully saturated rings. The van der Waals surface area contributed by atoms with Crippen LogP contribution in [0.1, 0.15) is 37.2 Å². The zero-order valence-corrected chi connectivity index (χ0v) is 11.7. The van der Waals surface area contributed by atoms with E-state index < -0.39 is 5.76 Å². The quantitative estimate of drug-likeness (QED) is 0.614. The van der Waals surface area contributed by atoms with E-state index in [9.17, 15) is 8.78 Å². The van der Waals surface area contributed by atoms with E-state index in [-0.39, 0.29) is 12.4 Å². The van der Waals surface area contributed by atoms with E-state index in [1.54, 1.807) is 6.07 Å². The van der Waals surface area contributed by atoms with E-state index in [1.807, 2.05) is 6.07 Å². The van der Waals surface area contributed by atoms with Crippen molar-refractivity contribution >= 4 is 11.8 Å². The van der Waals surface area contributed by atoms with Crippen LogP contribution in [0.15, 0.2) is 16.5 Å². The number of halogens is 2. The minimum Gasteiger partial charge on any atom is -0.464 e. The molecule has 0 amide bonds. The second-order valence-electron chi connectivity index (χ2n) is 4.25. The van der Waals surface area contributed by atoms with Crippen LogP contribution in [0.2, 0.25) is 0 Å². The summed E-state index contributed by atoms with van der Waals surface area (Å²) in [5.74, 6) is -0.783. The maximum atomic E-state index is 12.0. The second kappa shape index (κ2) is 10.2. The summed E-state index contributed by atoms with van der Waals surface area (Å²) < 4.78 is 29.4. The third-order valence-electron chi connectivity index (χ3n) is 2.63. The van der Waals surface area contributed by atoms with Crippen molar-refractivity contribution in [2.45, 2.75) is 43.7 Å². The molecule has 0 bridgehead atoms. The number of alkyl halides is 2. The first kappa shape index (κ1) is 16.5. The molecule has 0 unspecified atom stereocenters. The largest absolute Gasteiger partial charge is 0.464 e. The molecule has 1 rings (SSSR count). The normalized spacial score (nSPS) is 11.4. The average molecular weight is 293 g/mol. The van der Waals surface area contributed by atoms with Crippen molar-refractivity contribution in [3.05, 3.63) is 23.7 Å². The van der Waals surface area contributed by atoms with E-state index in [0.717, 1.165) is 38.0 Å². The van der Waals surface area contributed by atoms with Crippen LogP contribution < -0.4 is 5.32 Å². The van der Waals surface area contributed by atoms with Crippen molar-refractivity contribution in [3.8, 4) is 0 Å².